The van der Waals surface area contributed by atoms with Crippen molar-refractivity contribution >= 4 is 17.6 Å². The molecule has 7 nitrogen and oxygen atoms in total. The minimum absolute atomic E-state index is 0.0452. The number of nitrogens with one attached hydrogen (secondary N) is 1. The lowest BCUT2D eigenvalue weighted by molar-refractivity contribution is -0.140. The molecule has 0 radical (unpaired) electrons. The van der Waals surface area contributed by atoms with Gasteiger partial charge in [0.1, 0.15) is 0 Å². The molecular weight excluding hydrogens is 410 g/mol. The molecule has 7 heteroatoms. The molecule has 0 aromatic heterocycles. The number of amides is 1. The van der Waals surface area contributed by atoms with Gasteiger partial charge in [-0.05, 0) is 49.1 Å². The largest absolute Gasteiger partial charge is 0.490 e. The van der Waals surface area contributed by atoms with Crippen molar-refractivity contribution in [3.63, 3.8) is 0 Å². The Bertz CT molecular complexity index is 1040. The van der Waals surface area contributed by atoms with Crippen LogP contribution in [0.1, 0.15) is 62.5 Å². The second-order valence-electron chi connectivity index (χ2n) is 8.49. The van der Waals surface area contributed by atoms with E-state index < -0.39 is 0 Å². The summed E-state index contributed by atoms with van der Waals surface area (Å²) in [7, 11) is 0. The molecule has 3 aliphatic rings. The SMILES string of the molecule is CCOc1cc([C@@H]2CC(=O)Nc3cc4c(cc32)OCO4)ccc1OC(=O)C1CCCCC1. The van der Waals surface area contributed by atoms with Gasteiger partial charge in [-0.25, -0.2) is 0 Å². The van der Waals surface area contributed by atoms with Crippen molar-refractivity contribution in [2.75, 3.05) is 18.7 Å². The zero-order valence-electron chi connectivity index (χ0n) is 18.1. The highest BCUT2D eigenvalue weighted by molar-refractivity contribution is 5.96. The number of hydrogen-bond acceptors (Lipinski definition) is 6. The summed E-state index contributed by atoms with van der Waals surface area (Å²) in [6.07, 6.45) is 5.38. The van der Waals surface area contributed by atoms with Crippen molar-refractivity contribution in [3.8, 4) is 23.0 Å². The Morgan fingerprint density at radius 3 is 2.62 bits per heavy atom. The quantitative estimate of drug-likeness (QED) is 0.536. The van der Waals surface area contributed by atoms with Crippen molar-refractivity contribution in [1.29, 1.82) is 0 Å². The Hall–Kier alpha value is -3.22. The standard InChI is InChI=1S/C25H27NO6/c1-2-29-21-10-16(8-9-20(21)32-25(28)15-6-4-3-5-7-15)17-12-24(27)26-19-13-23-22(11-18(17)19)30-14-31-23/h8-11,13,15,17H,2-7,12,14H2,1H3,(H,26,27)/t17-/m0/s1. The summed E-state index contributed by atoms with van der Waals surface area (Å²) in [4.78, 5) is 25.1. The zero-order chi connectivity index (χ0) is 22.1. The number of carbonyl (C=O) groups excluding carboxylic acids is 2. The maximum Gasteiger partial charge on any atom is 0.314 e. The van der Waals surface area contributed by atoms with Gasteiger partial charge in [-0.1, -0.05) is 25.3 Å². The summed E-state index contributed by atoms with van der Waals surface area (Å²) >= 11 is 0. The maximum atomic E-state index is 12.7. The number of carbonyl (C=O) groups is 2. The lowest BCUT2D eigenvalue weighted by Crippen LogP contribution is -2.24. The minimum Gasteiger partial charge on any atom is -0.490 e. The molecule has 0 unspecified atom stereocenters. The van der Waals surface area contributed by atoms with E-state index in [0.717, 1.165) is 42.5 Å². The lowest BCUT2D eigenvalue weighted by atomic mass is 9.84. The normalized spacial score (nSPS) is 19.8. The first-order chi connectivity index (χ1) is 15.6. The first-order valence-corrected chi connectivity index (χ1v) is 11.3. The predicted molar refractivity (Wildman–Crippen MR) is 117 cm³/mol. The third-order valence-electron chi connectivity index (χ3n) is 6.40. The molecule has 1 N–H and O–H groups in total. The number of hydrogen-bond donors (Lipinski definition) is 1. The molecule has 5 rings (SSSR count). The Morgan fingerprint density at radius 1 is 1.06 bits per heavy atom. The van der Waals surface area contributed by atoms with Gasteiger partial charge in [0, 0.05) is 24.1 Å². The van der Waals surface area contributed by atoms with Gasteiger partial charge in [-0.3, -0.25) is 9.59 Å². The molecule has 1 amide bonds. The lowest BCUT2D eigenvalue weighted by Gasteiger charge is -2.27. The fraction of sp³-hybridized carbons (Fsp3) is 0.440. The van der Waals surface area contributed by atoms with Crippen molar-refractivity contribution in [2.24, 2.45) is 5.92 Å². The van der Waals surface area contributed by atoms with E-state index in [1.54, 1.807) is 6.07 Å². The average molecular weight is 437 g/mol. The fourth-order valence-corrected chi connectivity index (χ4v) is 4.77. The van der Waals surface area contributed by atoms with Crippen molar-refractivity contribution in [2.45, 2.75) is 51.4 Å². The number of benzene rings is 2. The summed E-state index contributed by atoms with van der Waals surface area (Å²) in [5, 5.41) is 2.93. The van der Waals surface area contributed by atoms with Crippen molar-refractivity contribution < 1.29 is 28.5 Å². The monoisotopic (exact) mass is 437 g/mol. The Labute approximate surface area is 187 Å². The summed E-state index contributed by atoms with van der Waals surface area (Å²) in [5.41, 5.74) is 2.60. The number of ether oxygens (including phenoxy) is 4. The molecule has 1 fully saturated rings. The zero-order valence-corrected chi connectivity index (χ0v) is 18.1. The molecule has 1 aliphatic carbocycles. The van der Waals surface area contributed by atoms with Gasteiger partial charge >= 0.3 is 5.97 Å². The summed E-state index contributed by atoms with van der Waals surface area (Å²) in [6, 6.07) is 9.30. The van der Waals surface area contributed by atoms with Gasteiger partial charge in [0.2, 0.25) is 12.7 Å². The molecule has 168 valence electrons. The topological polar surface area (TPSA) is 83.1 Å². The van der Waals surface area contributed by atoms with Crippen LogP contribution in [0.25, 0.3) is 0 Å². The Kier molecular flexibility index (Phi) is 5.64. The highest BCUT2D eigenvalue weighted by Crippen LogP contribution is 2.46. The van der Waals surface area contributed by atoms with Gasteiger partial charge < -0.3 is 24.3 Å². The van der Waals surface area contributed by atoms with Crippen LogP contribution in [0.2, 0.25) is 0 Å². The number of esters is 1. The van der Waals surface area contributed by atoms with Gasteiger partial charge in [-0.2, -0.15) is 0 Å². The van der Waals surface area contributed by atoms with Crippen LogP contribution in [0.15, 0.2) is 30.3 Å². The van der Waals surface area contributed by atoms with E-state index in [-0.39, 0.29) is 30.5 Å². The molecule has 32 heavy (non-hydrogen) atoms. The second kappa shape index (κ2) is 8.73. The van der Waals surface area contributed by atoms with Crippen LogP contribution in [-0.4, -0.2) is 25.3 Å². The molecule has 0 bridgehead atoms. The molecular formula is C25H27NO6. The van der Waals surface area contributed by atoms with E-state index in [1.165, 1.54) is 6.42 Å². The summed E-state index contributed by atoms with van der Waals surface area (Å²) in [5.74, 6) is 1.78. The van der Waals surface area contributed by atoms with E-state index in [9.17, 15) is 9.59 Å². The van der Waals surface area contributed by atoms with Gasteiger partial charge in [0.15, 0.2) is 23.0 Å². The van der Waals surface area contributed by atoms with Crippen LogP contribution in [0.5, 0.6) is 23.0 Å². The highest BCUT2D eigenvalue weighted by atomic mass is 16.7. The second-order valence-corrected chi connectivity index (χ2v) is 8.49. The molecule has 2 aromatic rings. The molecule has 1 saturated carbocycles. The number of rotatable bonds is 5. The highest BCUT2D eigenvalue weighted by Gasteiger charge is 2.31. The van der Waals surface area contributed by atoms with Crippen LogP contribution < -0.4 is 24.3 Å². The summed E-state index contributed by atoms with van der Waals surface area (Å²) < 4.78 is 22.6. The van der Waals surface area contributed by atoms with Gasteiger partial charge in [-0.15, -0.1) is 0 Å². The number of fused-ring (bicyclic) bond motifs is 2. The van der Waals surface area contributed by atoms with Crippen LogP contribution >= 0.6 is 0 Å². The molecule has 2 aliphatic heterocycles. The van der Waals surface area contributed by atoms with Crippen LogP contribution in [-0.2, 0) is 9.59 Å². The fourth-order valence-electron chi connectivity index (χ4n) is 4.77. The molecule has 0 saturated heterocycles. The maximum absolute atomic E-state index is 12.7. The van der Waals surface area contributed by atoms with Gasteiger partial charge in [0.25, 0.3) is 0 Å². The molecule has 0 spiro atoms. The molecule has 2 heterocycles. The van der Waals surface area contributed by atoms with Crippen molar-refractivity contribution in [1.82, 2.24) is 0 Å². The van der Waals surface area contributed by atoms with Crippen LogP contribution in [0, 0.1) is 5.92 Å². The van der Waals surface area contributed by atoms with Crippen LogP contribution in [0.3, 0.4) is 0 Å². The first kappa shape index (κ1) is 20.7. The predicted octanol–water partition coefficient (Wildman–Crippen LogP) is 4.77. The smallest absolute Gasteiger partial charge is 0.314 e. The van der Waals surface area contributed by atoms with E-state index >= 15 is 0 Å². The number of anilines is 1. The minimum atomic E-state index is -0.187. The van der Waals surface area contributed by atoms with E-state index in [4.69, 9.17) is 18.9 Å². The Morgan fingerprint density at radius 2 is 1.84 bits per heavy atom. The summed E-state index contributed by atoms with van der Waals surface area (Å²) in [6.45, 7) is 2.51. The van der Waals surface area contributed by atoms with E-state index in [1.807, 2.05) is 31.2 Å². The molecule has 1 atom stereocenters. The molecule has 2 aromatic carbocycles. The average Bonchev–Trinajstić information content (AvgIpc) is 3.26. The third kappa shape index (κ3) is 3.99. The van der Waals surface area contributed by atoms with E-state index in [0.29, 0.717) is 36.0 Å². The van der Waals surface area contributed by atoms with E-state index in [2.05, 4.69) is 5.32 Å². The third-order valence-corrected chi connectivity index (χ3v) is 6.40. The van der Waals surface area contributed by atoms with Gasteiger partial charge in [0.05, 0.1) is 12.5 Å². The Balaban J connectivity index is 1.45. The first-order valence-electron chi connectivity index (χ1n) is 11.3. The van der Waals surface area contributed by atoms with Crippen molar-refractivity contribution in [3.05, 3.63) is 41.5 Å². The van der Waals surface area contributed by atoms with Crippen LogP contribution in [0.4, 0.5) is 5.69 Å².